The first-order valence-corrected chi connectivity index (χ1v) is 9.08. The van der Waals surface area contributed by atoms with Crippen LogP contribution in [0.4, 0.5) is 5.69 Å². The van der Waals surface area contributed by atoms with Gasteiger partial charge >= 0.3 is 5.97 Å². The van der Waals surface area contributed by atoms with Crippen LogP contribution in [0.3, 0.4) is 0 Å². The van der Waals surface area contributed by atoms with E-state index in [1.165, 1.54) is 5.06 Å². The summed E-state index contributed by atoms with van der Waals surface area (Å²) >= 11 is 8.17. The minimum atomic E-state index is -0.918. The van der Waals surface area contributed by atoms with Crippen molar-refractivity contribution < 1.29 is 15.1 Å². The topological polar surface area (TPSA) is 60.8 Å². The van der Waals surface area contributed by atoms with Gasteiger partial charge in [0.1, 0.15) is 0 Å². The number of alkyl halides is 1. The SMILES string of the molecule is O=C(O)c1ccc2c(c1)C(Cl)C=C2.ON1CC(I)=Cc2ccccc21. The molecule has 0 amide bonds. The molecule has 0 saturated heterocycles. The van der Waals surface area contributed by atoms with E-state index in [0.717, 1.165) is 26.0 Å². The molecule has 1 aliphatic heterocycles. The van der Waals surface area contributed by atoms with Gasteiger partial charge in [0, 0.05) is 9.14 Å². The van der Waals surface area contributed by atoms with Crippen molar-refractivity contribution in [3.63, 3.8) is 0 Å². The lowest BCUT2D eigenvalue weighted by atomic mass is 10.1. The monoisotopic (exact) mass is 467 g/mol. The molecule has 0 aromatic heterocycles. The van der Waals surface area contributed by atoms with Gasteiger partial charge in [0.15, 0.2) is 0 Å². The molecule has 4 nitrogen and oxygen atoms in total. The third-order valence-electron chi connectivity index (χ3n) is 3.90. The first kappa shape index (κ1) is 18.0. The van der Waals surface area contributed by atoms with Crippen molar-refractivity contribution in [3.8, 4) is 0 Å². The molecule has 0 radical (unpaired) electrons. The van der Waals surface area contributed by atoms with E-state index in [9.17, 15) is 10.0 Å². The number of anilines is 1. The van der Waals surface area contributed by atoms with E-state index in [2.05, 4.69) is 28.7 Å². The summed E-state index contributed by atoms with van der Waals surface area (Å²) in [6.45, 7) is 0.595. The highest BCUT2D eigenvalue weighted by molar-refractivity contribution is 14.1. The van der Waals surface area contributed by atoms with Gasteiger partial charge < -0.3 is 5.11 Å². The van der Waals surface area contributed by atoms with Crippen LogP contribution in [0.15, 0.2) is 52.1 Å². The lowest BCUT2D eigenvalue weighted by molar-refractivity contribution is 0.0697. The number of halogens is 2. The fourth-order valence-electron chi connectivity index (χ4n) is 2.68. The van der Waals surface area contributed by atoms with Crippen molar-refractivity contribution in [2.24, 2.45) is 0 Å². The summed E-state index contributed by atoms with van der Waals surface area (Å²) in [5, 5.41) is 19.3. The maximum absolute atomic E-state index is 10.6. The lowest BCUT2D eigenvalue weighted by Crippen LogP contribution is -2.22. The van der Waals surface area contributed by atoms with Crippen LogP contribution in [0, 0.1) is 0 Å². The minimum Gasteiger partial charge on any atom is -0.478 e. The van der Waals surface area contributed by atoms with Gasteiger partial charge in [0.2, 0.25) is 0 Å². The number of aromatic carboxylic acids is 1. The Morgan fingerprint density at radius 1 is 1.20 bits per heavy atom. The number of carboxylic acid groups (broad SMARTS) is 1. The average molecular weight is 468 g/mol. The Morgan fingerprint density at radius 2 is 1.96 bits per heavy atom. The van der Waals surface area contributed by atoms with Crippen molar-refractivity contribution in [3.05, 3.63) is 74.4 Å². The first-order chi connectivity index (χ1) is 12.0. The standard InChI is InChI=1S/C10H7ClO2.C9H8INO/c11-9-4-3-6-1-2-7(10(12)13)5-8(6)9;10-8-5-7-3-1-2-4-9(7)11(12)6-8/h1-5,9H,(H,12,13);1-5,12H,6H2. The maximum Gasteiger partial charge on any atom is 0.335 e. The normalized spacial score (nSPS) is 17.2. The van der Waals surface area contributed by atoms with Crippen LogP contribution in [-0.4, -0.2) is 22.8 Å². The highest BCUT2D eigenvalue weighted by atomic mass is 127. The second kappa shape index (κ2) is 7.59. The number of hydrogen-bond donors (Lipinski definition) is 2. The van der Waals surface area contributed by atoms with Crippen molar-refractivity contribution in [1.29, 1.82) is 0 Å². The van der Waals surface area contributed by atoms with Crippen LogP contribution in [0.1, 0.15) is 32.4 Å². The van der Waals surface area contributed by atoms with Gasteiger partial charge in [-0.1, -0.05) is 36.4 Å². The van der Waals surface area contributed by atoms with Gasteiger partial charge in [-0.2, -0.15) is 0 Å². The zero-order valence-corrected chi connectivity index (χ0v) is 16.0. The van der Waals surface area contributed by atoms with Crippen molar-refractivity contribution >= 4 is 58.0 Å². The largest absolute Gasteiger partial charge is 0.478 e. The Bertz CT molecular complexity index is 879. The second-order valence-corrected chi connectivity index (χ2v) is 7.47. The Kier molecular flexibility index (Phi) is 5.46. The summed E-state index contributed by atoms with van der Waals surface area (Å²) in [5.74, 6) is -0.918. The fourth-order valence-corrected chi connectivity index (χ4v) is 3.60. The molecule has 1 aliphatic carbocycles. The number of carboxylic acids is 1. The van der Waals surface area contributed by atoms with Gasteiger partial charge in [0.25, 0.3) is 0 Å². The summed E-state index contributed by atoms with van der Waals surface area (Å²) < 4.78 is 1.15. The number of carbonyl (C=O) groups is 1. The van der Waals surface area contributed by atoms with Crippen LogP contribution in [-0.2, 0) is 0 Å². The van der Waals surface area contributed by atoms with E-state index in [-0.39, 0.29) is 10.9 Å². The number of nitrogens with zero attached hydrogens (tertiary/aromatic N) is 1. The molecule has 0 saturated carbocycles. The third kappa shape index (κ3) is 4.05. The Labute approximate surface area is 164 Å². The fraction of sp³-hybridized carbons (Fsp3) is 0.105. The number of rotatable bonds is 1. The quantitative estimate of drug-likeness (QED) is 0.438. The molecule has 128 valence electrons. The van der Waals surface area contributed by atoms with Gasteiger partial charge in [-0.15, -0.1) is 11.6 Å². The molecule has 25 heavy (non-hydrogen) atoms. The summed E-state index contributed by atoms with van der Waals surface area (Å²) in [6, 6.07) is 12.8. The van der Waals surface area contributed by atoms with Gasteiger partial charge in [0.05, 0.1) is 23.2 Å². The van der Waals surface area contributed by atoms with E-state index >= 15 is 0 Å². The van der Waals surface area contributed by atoms with E-state index in [1.807, 2.05) is 36.4 Å². The molecular weight excluding hydrogens is 453 g/mol. The molecular formula is C19H15ClINO3. The van der Waals surface area contributed by atoms with E-state index in [1.54, 1.807) is 18.2 Å². The van der Waals surface area contributed by atoms with Crippen molar-refractivity contribution in [2.75, 3.05) is 11.6 Å². The number of benzene rings is 2. The van der Waals surface area contributed by atoms with Crippen LogP contribution in [0.5, 0.6) is 0 Å². The van der Waals surface area contributed by atoms with Crippen molar-refractivity contribution in [1.82, 2.24) is 0 Å². The number of allylic oxidation sites excluding steroid dienone is 1. The zero-order chi connectivity index (χ0) is 18.0. The molecule has 0 fully saturated rings. The van der Waals surface area contributed by atoms with E-state index in [4.69, 9.17) is 16.7 Å². The van der Waals surface area contributed by atoms with Crippen LogP contribution >= 0.6 is 34.2 Å². The summed E-state index contributed by atoms with van der Waals surface area (Å²) in [7, 11) is 0. The Morgan fingerprint density at radius 3 is 2.72 bits per heavy atom. The molecule has 0 spiro atoms. The van der Waals surface area contributed by atoms with E-state index < -0.39 is 5.97 Å². The average Bonchev–Trinajstić information content (AvgIpc) is 2.96. The summed E-state index contributed by atoms with van der Waals surface area (Å²) in [5.41, 5.74) is 4.13. The molecule has 6 heteroatoms. The van der Waals surface area contributed by atoms with Crippen LogP contribution in [0.2, 0.25) is 0 Å². The Balaban J connectivity index is 0.000000146. The number of hydroxylamine groups is 1. The van der Waals surface area contributed by atoms with Crippen molar-refractivity contribution in [2.45, 2.75) is 5.38 Å². The van der Waals surface area contributed by atoms with Gasteiger partial charge in [-0.25, -0.2) is 4.79 Å². The zero-order valence-electron chi connectivity index (χ0n) is 13.1. The molecule has 2 aromatic carbocycles. The molecule has 2 N–H and O–H groups in total. The maximum atomic E-state index is 10.6. The number of para-hydroxylation sites is 1. The Hall–Kier alpha value is -1.83. The van der Waals surface area contributed by atoms with Gasteiger partial charge in [-0.05, 0) is 58.0 Å². The molecule has 1 atom stereocenters. The lowest BCUT2D eigenvalue weighted by Gasteiger charge is -2.22. The molecule has 0 bridgehead atoms. The smallest absolute Gasteiger partial charge is 0.335 e. The molecule has 1 heterocycles. The molecule has 4 rings (SSSR count). The first-order valence-electron chi connectivity index (χ1n) is 7.57. The second-order valence-electron chi connectivity index (χ2n) is 5.62. The number of fused-ring (bicyclic) bond motifs is 2. The van der Waals surface area contributed by atoms with Gasteiger partial charge in [-0.3, -0.25) is 10.3 Å². The number of hydrogen-bond acceptors (Lipinski definition) is 3. The third-order valence-corrected chi connectivity index (χ3v) is 4.94. The summed E-state index contributed by atoms with van der Waals surface area (Å²) in [6.07, 6.45) is 5.83. The molecule has 1 unspecified atom stereocenters. The highest BCUT2D eigenvalue weighted by Crippen LogP contribution is 2.33. The summed E-state index contributed by atoms with van der Waals surface area (Å²) in [4.78, 5) is 10.6. The highest BCUT2D eigenvalue weighted by Gasteiger charge is 2.16. The minimum absolute atomic E-state index is 0.186. The molecule has 2 aromatic rings. The van der Waals surface area contributed by atoms with E-state index in [0.29, 0.717) is 6.54 Å². The molecule has 2 aliphatic rings. The predicted molar refractivity (Wildman–Crippen MR) is 109 cm³/mol. The van der Waals surface area contributed by atoms with Crippen LogP contribution in [0.25, 0.3) is 12.2 Å². The van der Waals surface area contributed by atoms with Crippen LogP contribution < -0.4 is 5.06 Å². The predicted octanol–water partition coefficient (Wildman–Crippen LogP) is 5.36.